The van der Waals surface area contributed by atoms with Crippen molar-refractivity contribution in [2.45, 2.75) is 5.92 Å². The lowest BCUT2D eigenvalue weighted by Gasteiger charge is -2.24. The van der Waals surface area contributed by atoms with Crippen LogP contribution in [0.4, 0.5) is 0 Å². The number of nitrogens with one attached hydrogen (secondary N) is 1. The molecule has 0 aliphatic carbocycles. The Morgan fingerprint density at radius 1 is 1.11 bits per heavy atom. The number of aromatic amines is 1. The minimum atomic E-state index is -0.376. The highest BCUT2D eigenvalue weighted by atomic mass is 16.7. The van der Waals surface area contributed by atoms with Crippen molar-refractivity contribution in [3.05, 3.63) is 71.1 Å². The predicted octanol–water partition coefficient (Wildman–Crippen LogP) is 3.02. The van der Waals surface area contributed by atoms with Gasteiger partial charge in [-0.15, -0.1) is 5.10 Å². The van der Waals surface area contributed by atoms with Crippen molar-refractivity contribution in [2.24, 2.45) is 5.73 Å². The highest BCUT2D eigenvalue weighted by Crippen LogP contribution is 2.46. The van der Waals surface area contributed by atoms with Gasteiger partial charge in [0.15, 0.2) is 11.5 Å². The molecule has 1 aromatic heterocycles. The fraction of sp³-hybridized carbons (Fsp3) is 0.100. The number of nitriles is 1. The van der Waals surface area contributed by atoms with E-state index in [0.29, 0.717) is 23.0 Å². The van der Waals surface area contributed by atoms with Crippen LogP contribution < -0.4 is 19.9 Å². The molecule has 7 nitrogen and oxygen atoms in total. The Labute approximate surface area is 154 Å². The predicted molar refractivity (Wildman–Crippen MR) is 95.9 cm³/mol. The standard InChI is InChI=1S/C20H14N4O3/c21-9-13-16(11-4-2-1-3-5-11)17-18(23-24-20(17)27-19(13)22)12-6-7-14-15(8-12)26-10-25-14/h1-8,16H,10,22H2,(H,23,24)/t16-/m0/s1. The lowest BCUT2D eigenvalue weighted by atomic mass is 9.83. The molecule has 7 heteroatoms. The van der Waals surface area contributed by atoms with Crippen LogP contribution in [0.2, 0.25) is 0 Å². The number of rotatable bonds is 2. The van der Waals surface area contributed by atoms with Crippen LogP contribution in [-0.4, -0.2) is 17.0 Å². The van der Waals surface area contributed by atoms with E-state index in [1.165, 1.54) is 0 Å². The number of benzene rings is 2. The van der Waals surface area contributed by atoms with Crippen LogP contribution in [0.5, 0.6) is 17.4 Å². The summed E-state index contributed by atoms with van der Waals surface area (Å²) >= 11 is 0. The molecule has 0 unspecified atom stereocenters. The summed E-state index contributed by atoms with van der Waals surface area (Å²) in [5.74, 6) is 1.43. The molecule has 2 aliphatic heterocycles. The van der Waals surface area contributed by atoms with Crippen molar-refractivity contribution in [3.8, 4) is 34.7 Å². The average Bonchev–Trinajstić information content (AvgIpc) is 3.33. The molecule has 3 N–H and O–H groups in total. The second-order valence-corrected chi connectivity index (χ2v) is 6.22. The monoisotopic (exact) mass is 358 g/mol. The van der Waals surface area contributed by atoms with Crippen molar-refractivity contribution >= 4 is 0 Å². The average molecular weight is 358 g/mol. The first-order valence-electron chi connectivity index (χ1n) is 8.37. The number of aromatic nitrogens is 2. The van der Waals surface area contributed by atoms with Crippen LogP contribution in [-0.2, 0) is 0 Å². The van der Waals surface area contributed by atoms with Crippen molar-refractivity contribution < 1.29 is 14.2 Å². The third-order valence-electron chi connectivity index (χ3n) is 4.73. The van der Waals surface area contributed by atoms with E-state index in [4.69, 9.17) is 19.9 Å². The highest BCUT2D eigenvalue weighted by Gasteiger charge is 2.35. The SMILES string of the molecule is N#CC1=C(N)Oc2n[nH]c(-c3ccc4c(c3)OCO4)c2[C@H]1c1ccccc1. The van der Waals surface area contributed by atoms with Gasteiger partial charge in [-0.05, 0) is 23.8 Å². The molecule has 1 atom stereocenters. The van der Waals surface area contributed by atoms with Gasteiger partial charge < -0.3 is 19.9 Å². The van der Waals surface area contributed by atoms with Gasteiger partial charge in [0.05, 0.1) is 17.2 Å². The molecule has 0 amide bonds. The smallest absolute Gasteiger partial charge is 0.244 e. The molecular weight excluding hydrogens is 344 g/mol. The summed E-state index contributed by atoms with van der Waals surface area (Å²) in [6, 6.07) is 17.5. The summed E-state index contributed by atoms with van der Waals surface area (Å²) in [5, 5.41) is 17.0. The number of fused-ring (bicyclic) bond motifs is 2. The van der Waals surface area contributed by atoms with E-state index in [0.717, 1.165) is 22.4 Å². The van der Waals surface area contributed by atoms with Crippen LogP contribution in [0.3, 0.4) is 0 Å². The summed E-state index contributed by atoms with van der Waals surface area (Å²) in [5.41, 5.74) is 9.67. The Balaban J connectivity index is 1.71. The minimum Gasteiger partial charge on any atom is -0.454 e. The van der Waals surface area contributed by atoms with Gasteiger partial charge in [-0.2, -0.15) is 5.26 Å². The van der Waals surface area contributed by atoms with Crippen LogP contribution in [0, 0.1) is 11.3 Å². The third kappa shape index (κ3) is 2.31. The molecule has 0 fully saturated rings. The quantitative estimate of drug-likeness (QED) is 0.729. The van der Waals surface area contributed by atoms with Gasteiger partial charge >= 0.3 is 0 Å². The van der Waals surface area contributed by atoms with Crippen molar-refractivity contribution in [1.82, 2.24) is 10.2 Å². The number of hydrogen-bond donors (Lipinski definition) is 2. The first-order chi connectivity index (χ1) is 13.3. The normalized spacial score (nSPS) is 17.2. The number of nitrogens with zero attached hydrogens (tertiary/aromatic N) is 2. The zero-order valence-corrected chi connectivity index (χ0v) is 14.1. The Kier molecular flexibility index (Phi) is 3.30. The second-order valence-electron chi connectivity index (χ2n) is 6.22. The van der Waals surface area contributed by atoms with Gasteiger partial charge in [0.25, 0.3) is 0 Å². The van der Waals surface area contributed by atoms with Crippen molar-refractivity contribution in [1.29, 1.82) is 5.26 Å². The molecule has 3 aromatic rings. The molecule has 27 heavy (non-hydrogen) atoms. The summed E-state index contributed by atoms with van der Waals surface area (Å²) in [4.78, 5) is 0. The largest absolute Gasteiger partial charge is 0.454 e. The molecule has 132 valence electrons. The molecule has 0 radical (unpaired) electrons. The van der Waals surface area contributed by atoms with Gasteiger partial charge in [0, 0.05) is 5.56 Å². The minimum absolute atomic E-state index is 0.0718. The fourth-order valence-corrected chi connectivity index (χ4v) is 3.50. The molecule has 0 spiro atoms. The summed E-state index contributed by atoms with van der Waals surface area (Å²) in [7, 11) is 0. The topological polar surface area (TPSA) is 106 Å². The van der Waals surface area contributed by atoms with Crippen LogP contribution in [0.25, 0.3) is 11.3 Å². The van der Waals surface area contributed by atoms with E-state index in [2.05, 4.69) is 16.3 Å². The van der Waals surface area contributed by atoms with E-state index >= 15 is 0 Å². The molecule has 0 saturated carbocycles. The number of allylic oxidation sites excluding steroid dienone is 1. The summed E-state index contributed by atoms with van der Waals surface area (Å²) in [6.07, 6.45) is 0. The van der Waals surface area contributed by atoms with E-state index in [9.17, 15) is 5.26 Å². The number of ether oxygens (including phenoxy) is 3. The van der Waals surface area contributed by atoms with E-state index < -0.39 is 0 Å². The first-order valence-corrected chi connectivity index (χ1v) is 8.37. The molecule has 2 aromatic carbocycles. The zero-order valence-electron chi connectivity index (χ0n) is 14.1. The third-order valence-corrected chi connectivity index (χ3v) is 4.73. The van der Waals surface area contributed by atoms with Gasteiger partial charge in [-0.25, -0.2) is 0 Å². The Morgan fingerprint density at radius 2 is 1.93 bits per heavy atom. The van der Waals surface area contributed by atoms with Crippen LogP contribution in [0.1, 0.15) is 17.0 Å². The second kappa shape index (κ2) is 5.81. The maximum atomic E-state index is 9.71. The lowest BCUT2D eigenvalue weighted by molar-refractivity contribution is 0.174. The number of hydrogen-bond acceptors (Lipinski definition) is 6. The van der Waals surface area contributed by atoms with E-state index in [-0.39, 0.29) is 18.6 Å². The van der Waals surface area contributed by atoms with Crippen molar-refractivity contribution in [2.75, 3.05) is 6.79 Å². The Bertz CT molecular complexity index is 1110. The summed E-state index contributed by atoms with van der Waals surface area (Å²) < 4.78 is 16.5. The van der Waals surface area contributed by atoms with Crippen LogP contribution in [0.15, 0.2) is 60.0 Å². The Morgan fingerprint density at radius 3 is 2.74 bits per heavy atom. The molecule has 3 heterocycles. The highest BCUT2D eigenvalue weighted by molar-refractivity contribution is 5.73. The maximum Gasteiger partial charge on any atom is 0.244 e. The first kappa shape index (κ1) is 15.3. The van der Waals surface area contributed by atoms with Gasteiger partial charge in [0.2, 0.25) is 18.6 Å². The number of nitrogens with two attached hydrogens (primary N) is 1. The van der Waals surface area contributed by atoms with Gasteiger partial charge in [-0.1, -0.05) is 30.3 Å². The molecular formula is C20H14N4O3. The van der Waals surface area contributed by atoms with Crippen LogP contribution >= 0.6 is 0 Å². The Hall–Kier alpha value is -3.92. The summed E-state index contributed by atoms with van der Waals surface area (Å²) in [6.45, 7) is 0.202. The molecule has 2 aliphatic rings. The fourth-order valence-electron chi connectivity index (χ4n) is 3.50. The van der Waals surface area contributed by atoms with E-state index in [1.807, 2.05) is 48.5 Å². The number of H-pyrrole nitrogens is 1. The lowest BCUT2D eigenvalue weighted by Crippen LogP contribution is -2.20. The maximum absolute atomic E-state index is 9.71. The molecule has 5 rings (SSSR count). The zero-order chi connectivity index (χ0) is 18.4. The van der Waals surface area contributed by atoms with Gasteiger partial charge in [-0.3, -0.25) is 5.10 Å². The molecule has 0 bridgehead atoms. The van der Waals surface area contributed by atoms with Gasteiger partial charge in [0.1, 0.15) is 11.6 Å². The van der Waals surface area contributed by atoms with Crippen molar-refractivity contribution in [3.63, 3.8) is 0 Å². The molecule has 0 saturated heterocycles. The van der Waals surface area contributed by atoms with E-state index in [1.54, 1.807) is 0 Å².